The highest BCUT2D eigenvalue weighted by atomic mass is 16.5. The van der Waals surface area contributed by atoms with Crippen LogP contribution >= 0.6 is 0 Å². The number of methoxy groups -OCH3 is 1. The van der Waals surface area contributed by atoms with Gasteiger partial charge >= 0.3 is 0 Å². The van der Waals surface area contributed by atoms with Gasteiger partial charge in [0.25, 0.3) is 0 Å². The number of aromatic nitrogens is 4. The van der Waals surface area contributed by atoms with Crippen molar-refractivity contribution in [1.29, 1.82) is 0 Å². The van der Waals surface area contributed by atoms with Crippen LogP contribution in [0.3, 0.4) is 0 Å². The molecule has 0 bridgehead atoms. The number of ether oxygens (including phenoxy) is 2. The van der Waals surface area contributed by atoms with Crippen molar-refractivity contribution in [3.8, 4) is 5.75 Å². The molecular weight excluding hydrogens is 372 g/mol. The fourth-order valence-electron chi connectivity index (χ4n) is 3.31. The van der Waals surface area contributed by atoms with E-state index in [-0.39, 0.29) is 5.91 Å². The first kappa shape index (κ1) is 19.1. The number of carbonyl (C=O) groups excluding carboxylic acids is 1. The highest BCUT2D eigenvalue weighted by molar-refractivity contribution is 5.76. The van der Waals surface area contributed by atoms with Gasteiger partial charge in [-0.2, -0.15) is 4.52 Å². The molecule has 1 fully saturated rings. The van der Waals surface area contributed by atoms with Gasteiger partial charge in [-0.1, -0.05) is 18.2 Å². The number of rotatable bonds is 7. The zero-order chi connectivity index (χ0) is 20.1. The van der Waals surface area contributed by atoms with E-state index >= 15 is 0 Å². The number of nitrogens with zero attached hydrogens (tertiary/aromatic N) is 5. The fourth-order valence-corrected chi connectivity index (χ4v) is 3.31. The molecule has 0 spiro atoms. The first-order valence-corrected chi connectivity index (χ1v) is 9.67. The molecule has 1 amide bonds. The summed E-state index contributed by atoms with van der Waals surface area (Å²) in [5, 5.41) is 16.3. The molecule has 152 valence electrons. The predicted molar refractivity (Wildman–Crippen MR) is 107 cm³/mol. The van der Waals surface area contributed by atoms with Crippen LogP contribution in [-0.2, 0) is 22.5 Å². The van der Waals surface area contributed by atoms with Gasteiger partial charge in [-0.3, -0.25) is 4.79 Å². The van der Waals surface area contributed by atoms with Crippen LogP contribution in [0.1, 0.15) is 17.8 Å². The molecule has 0 unspecified atom stereocenters. The summed E-state index contributed by atoms with van der Waals surface area (Å²) in [5.74, 6) is 2.30. The number of hydrogen-bond acceptors (Lipinski definition) is 7. The van der Waals surface area contributed by atoms with Gasteiger partial charge in [-0.05, 0) is 18.2 Å². The topological polar surface area (TPSA) is 93.9 Å². The average molecular weight is 396 g/mol. The number of anilines is 1. The van der Waals surface area contributed by atoms with Crippen molar-refractivity contribution in [2.75, 3.05) is 38.7 Å². The predicted octanol–water partition coefficient (Wildman–Crippen LogP) is 1.54. The number of benzene rings is 1. The van der Waals surface area contributed by atoms with Crippen LogP contribution in [0, 0.1) is 0 Å². The second-order valence-corrected chi connectivity index (χ2v) is 6.76. The third-order valence-corrected chi connectivity index (χ3v) is 4.91. The van der Waals surface area contributed by atoms with E-state index in [1.807, 2.05) is 41.3 Å². The summed E-state index contributed by atoms with van der Waals surface area (Å²) in [6.07, 6.45) is 0.863. The number of fused-ring (bicyclic) bond motifs is 1. The minimum absolute atomic E-state index is 0.107. The number of morpholine rings is 1. The van der Waals surface area contributed by atoms with Crippen molar-refractivity contribution in [1.82, 2.24) is 24.7 Å². The minimum atomic E-state index is 0.107. The standard InChI is InChI=1S/C20H24N6O3/c1-28-16-5-3-2-4-15(16)14-21-17-6-7-18-22-23-19(26(18)24-17)8-9-20(27)25-10-12-29-13-11-25/h2-7H,8-14H2,1H3,(H,21,24). The van der Waals surface area contributed by atoms with Crippen LogP contribution < -0.4 is 10.1 Å². The molecule has 0 saturated carbocycles. The minimum Gasteiger partial charge on any atom is -0.496 e. The van der Waals surface area contributed by atoms with Gasteiger partial charge in [-0.15, -0.1) is 15.3 Å². The number of nitrogens with one attached hydrogen (secondary N) is 1. The van der Waals surface area contributed by atoms with E-state index in [4.69, 9.17) is 9.47 Å². The van der Waals surface area contributed by atoms with Crippen LogP contribution in [0.15, 0.2) is 36.4 Å². The molecule has 3 heterocycles. The van der Waals surface area contributed by atoms with Gasteiger partial charge in [0, 0.05) is 38.0 Å². The van der Waals surface area contributed by atoms with Crippen molar-refractivity contribution < 1.29 is 14.3 Å². The Morgan fingerprint density at radius 2 is 2.00 bits per heavy atom. The first-order chi connectivity index (χ1) is 14.2. The molecule has 0 radical (unpaired) electrons. The second kappa shape index (κ2) is 8.87. The normalized spacial score (nSPS) is 14.2. The smallest absolute Gasteiger partial charge is 0.223 e. The Balaban J connectivity index is 1.42. The van der Waals surface area contributed by atoms with Gasteiger partial charge in [0.15, 0.2) is 11.5 Å². The van der Waals surface area contributed by atoms with Crippen molar-refractivity contribution in [2.45, 2.75) is 19.4 Å². The molecule has 4 rings (SSSR count). The van der Waals surface area contributed by atoms with Crippen molar-refractivity contribution in [2.24, 2.45) is 0 Å². The molecule has 1 aliphatic rings. The van der Waals surface area contributed by atoms with Gasteiger partial charge < -0.3 is 19.7 Å². The summed E-state index contributed by atoms with van der Waals surface area (Å²) in [6.45, 7) is 3.07. The van der Waals surface area contributed by atoms with Crippen molar-refractivity contribution >= 4 is 17.4 Å². The Kier molecular flexibility index (Phi) is 5.85. The van der Waals surface area contributed by atoms with Gasteiger partial charge in [0.1, 0.15) is 11.6 Å². The summed E-state index contributed by atoms with van der Waals surface area (Å²) >= 11 is 0. The fraction of sp³-hybridized carbons (Fsp3) is 0.400. The van der Waals surface area contributed by atoms with E-state index < -0.39 is 0 Å². The van der Waals surface area contributed by atoms with E-state index in [1.54, 1.807) is 11.6 Å². The maximum Gasteiger partial charge on any atom is 0.223 e. The molecule has 9 heteroatoms. The van der Waals surface area contributed by atoms with Crippen molar-refractivity contribution in [3.63, 3.8) is 0 Å². The lowest BCUT2D eigenvalue weighted by Crippen LogP contribution is -2.40. The van der Waals surface area contributed by atoms with Crippen LogP contribution in [-0.4, -0.2) is 64.0 Å². The maximum absolute atomic E-state index is 12.4. The third kappa shape index (κ3) is 4.45. The molecule has 1 aliphatic heterocycles. The molecule has 1 N–H and O–H groups in total. The molecule has 0 aliphatic carbocycles. The lowest BCUT2D eigenvalue weighted by molar-refractivity contribution is -0.135. The van der Waals surface area contributed by atoms with E-state index in [0.717, 1.165) is 11.3 Å². The average Bonchev–Trinajstić information content (AvgIpc) is 3.19. The number of amides is 1. The van der Waals surface area contributed by atoms with Crippen molar-refractivity contribution in [3.05, 3.63) is 47.8 Å². The third-order valence-electron chi connectivity index (χ3n) is 4.91. The number of hydrogen-bond donors (Lipinski definition) is 1. The van der Waals surface area contributed by atoms with Crippen LogP contribution in [0.5, 0.6) is 5.75 Å². The van der Waals surface area contributed by atoms with Crippen LogP contribution in [0.25, 0.3) is 5.65 Å². The molecule has 3 aromatic rings. The summed E-state index contributed by atoms with van der Waals surface area (Å²) in [4.78, 5) is 14.2. The summed E-state index contributed by atoms with van der Waals surface area (Å²) in [6, 6.07) is 11.6. The zero-order valence-electron chi connectivity index (χ0n) is 16.4. The summed E-state index contributed by atoms with van der Waals surface area (Å²) in [5.41, 5.74) is 1.69. The van der Waals surface area contributed by atoms with E-state index in [0.29, 0.717) is 63.0 Å². The molecule has 1 aromatic carbocycles. The Bertz CT molecular complexity index is 983. The van der Waals surface area contributed by atoms with Crippen LogP contribution in [0.2, 0.25) is 0 Å². The van der Waals surface area contributed by atoms with Gasteiger partial charge in [0.2, 0.25) is 5.91 Å². The van der Waals surface area contributed by atoms with E-state index in [9.17, 15) is 4.79 Å². The number of para-hydroxylation sites is 1. The summed E-state index contributed by atoms with van der Waals surface area (Å²) < 4.78 is 12.4. The highest BCUT2D eigenvalue weighted by Gasteiger charge is 2.18. The Hall–Kier alpha value is -3.20. The lowest BCUT2D eigenvalue weighted by atomic mass is 10.2. The second-order valence-electron chi connectivity index (χ2n) is 6.76. The van der Waals surface area contributed by atoms with Gasteiger partial charge in [-0.25, -0.2) is 0 Å². The molecule has 1 saturated heterocycles. The monoisotopic (exact) mass is 396 g/mol. The Morgan fingerprint density at radius 3 is 2.83 bits per heavy atom. The quantitative estimate of drug-likeness (QED) is 0.647. The number of carbonyl (C=O) groups is 1. The Labute approximate surface area is 168 Å². The van der Waals surface area contributed by atoms with Gasteiger partial charge in [0.05, 0.1) is 20.3 Å². The molecule has 29 heavy (non-hydrogen) atoms. The zero-order valence-corrected chi connectivity index (χ0v) is 16.4. The summed E-state index contributed by atoms with van der Waals surface area (Å²) in [7, 11) is 1.66. The molecule has 2 aromatic heterocycles. The SMILES string of the molecule is COc1ccccc1CNc1ccc2nnc(CCC(=O)N3CCOCC3)n2n1. The van der Waals surface area contributed by atoms with E-state index in [1.165, 1.54) is 0 Å². The van der Waals surface area contributed by atoms with E-state index in [2.05, 4.69) is 20.6 Å². The highest BCUT2D eigenvalue weighted by Crippen LogP contribution is 2.18. The molecule has 0 atom stereocenters. The molecule has 9 nitrogen and oxygen atoms in total. The Morgan fingerprint density at radius 1 is 1.17 bits per heavy atom. The van der Waals surface area contributed by atoms with Crippen LogP contribution in [0.4, 0.5) is 5.82 Å². The maximum atomic E-state index is 12.4. The number of aryl methyl sites for hydroxylation is 1. The molecular formula is C20H24N6O3. The largest absolute Gasteiger partial charge is 0.496 e. The first-order valence-electron chi connectivity index (χ1n) is 9.67. The lowest BCUT2D eigenvalue weighted by Gasteiger charge is -2.26.